The van der Waals surface area contributed by atoms with Crippen molar-refractivity contribution in [1.29, 1.82) is 0 Å². The van der Waals surface area contributed by atoms with E-state index in [-0.39, 0.29) is 23.4 Å². The fourth-order valence-electron chi connectivity index (χ4n) is 3.38. The summed E-state index contributed by atoms with van der Waals surface area (Å²) in [6, 6.07) is 4.17. The van der Waals surface area contributed by atoms with Gasteiger partial charge in [-0.25, -0.2) is 8.42 Å². The molecule has 0 radical (unpaired) electrons. The largest absolute Gasteiger partial charge is 0.355 e. The van der Waals surface area contributed by atoms with E-state index in [9.17, 15) is 31.6 Å². The van der Waals surface area contributed by atoms with Crippen LogP contribution in [0.25, 0.3) is 0 Å². The van der Waals surface area contributed by atoms with Crippen molar-refractivity contribution in [2.45, 2.75) is 62.1 Å². The Morgan fingerprint density at radius 3 is 2.50 bits per heavy atom. The number of carbonyl (C=O) groups excluding carboxylic acids is 3. The third kappa shape index (κ3) is 7.25. The van der Waals surface area contributed by atoms with E-state index in [2.05, 4.69) is 16.0 Å². The number of carbonyl (C=O) groups is 3. The van der Waals surface area contributed by atoms with Crippen LogP contribution in [-0.2, 0) is 19.4 Å². The Bertz CT molecular complexity index is 907. The molecule has 1 heterocycles. The van der Waals surface area contributed by atoms with Crippen LogP contribution in [0.4, 0.5) is 8.78 Å². The van der Waals surface area contributed by atoms with Crippen LogP contribution in [0, 0.1) is 5.92 Å². The number of halogens is 2. The lowest BCUT2D eigenvalue weighted by molar-refractivity contribution is -0.135. The molecule has 1 aliphatic heterocycles. The van der Waals surface area contributed by atoms with Crippen molar-refractivity contribution in [3.05, 3.63) is 29.8 Å². The normalized spacial score (nSPS) is 17.9. The first-order valence-corrected chi connectivity index (χ1v) is 12.2. The lowest BCUT2D eigenvalue weighted by Gasteiger charge is -2.15. The van der Waals surface area contributed by atoms with Gasteiger partial charge in [-0.15, -0.1) is 0 Å². The Balaban J connectivity index is 1.70. The highest BCUT2D eigenvalue weighted by Crippen LogP contribution is 2.19. The molecule has 2 atom stereocenters. The molecule has 0 aromatic heterocycles. The maximum absolute atomic E-state index is 12.6. The second-order valence-electron chi connectivity index (χ2n) is 7.83. The molecule has 178 valence electrons. The predicted molar refractivity (Wildman–Crippen MR) is 114 cm³/mol. The molecule has 0 spiro atoms. The van der Waals surface area contributed by atoms with Crippen molar-refractivity contribution in [1.82, 2.24) is 16.0 Å². The van der Waals surface area contributed by atoms with Gasteiger partial charge in [0.25, 0.3) is 5.91 Å². The molecule has 11 heteroatoms. The van der Waals surface area contributed by atoms with Gasteiger partial charge in [0.15, 0.2) is 0 Å². The molecule has 3 N–H and O–H groups in total. The molecule has 32 heavy (non-hydrogen) atoms. The predicted octanol–water partition coefficient (Wildman–Crippen LogP) is 2.00. The van der Waals surface area contributed by atoms with Crippen LogP contribution >= 0.6 is 0 Å². The Kier molecular flexibility index (Phi) is 9.55. The van der Waals surface area contributed by atoms with Crippen LogP contribution in [-0.4, -0.2) is 51.0 Å². The number of hydrogen-bond acceptors (Lipinski definition) is 5. The summed E-state index contributed by atoms with van der Waals surface area (Å²) in [4.78, 5) is 35.8. The van der Waals surface area contributed by atoms with Crippen molar-refractivity contribution in [2.24, 2.45) is 5.92 Å². The Hall–Kier alpha value is -2.56. The molecule has 3 amide bonds. The molecule has 0 aliphatic carbocycles. The van der Waals surface area contributed by atoms with Gasteiger partial charge >= 0.3 is 5.76 Å². The molecule has 2 unspecified atom stereocenters. The van der Waals surface area contributed by atoms with Crippen molar-refractivity contribution >= 4 is 27.6 Å². The average molecular weight is 474 g/mol. The van der Waals surface area contributed by atoms with Gasteiger partial charge in [0.1, 0.15) is 5.92 Å². The summed E-state index contributed by atoms with van der Waals surface area (Å²) in [6.07, 6.45) is 4.31. The lowest BCUT2D eigenvalue weighted by Crippen LogP contribution is -2.40. The van der Waals surface area contributed by atoms with Gasteiger partial charge in [0.2, 0.25) is 21.7 Å². The molecule has 2 rings (SSSR count). The number of nitrogens with one attached hydrogen (secondary N) is 3. The van der Waals surface area contributed by atoms with E-state index < -0.39 is 32.3 Å². The Morgan fingerprint density at radius 1 is 1.16 bits per heavy atom. The average Bonchev–Trinajstić information content (AvgIpc) is 2.97. The molecule has 1 saturated heterocycles. The van der Waals surface area contributed by atoms with Crippen molar-refractivity contribution in [2.75, 3.05) is 13.1 Å². The van der Waals surface area contributed by atoms with Crippen LogP contribution in [0.2, 0.25) is 0 Å². The SMILES string of the molecule is CC(CCCCNC(=O)C1CCCCNC1=O)NC(=O)c1ccc(S(=O)(=O)C(F)F)cc1. The maximum atomic E-state index is 12.6. The minimum Gasteiger partial charge on any atom is -0.355 e. The van der Waals surface area contributed by atoms with Crippen LogP contribution < -0.4 is 16.0 Å². The van der Waals surface area contributed by atoms with Gasteiger partial charge in [-0.05, 0) is 63.3 Å². The zero-order valence-electron chi connectivity index (χ0n) is 17.9. The minimum absolute atomic E-state index is 0.166. The van der Waals surface area contributed by atoms with Crippen LogP contribution in [0.15, 0.2) is 29.2 Å². The molecule has 1 fully saturated rings. The molecular formula is C21H29F2N3O5S. The van der Waals surface area contributed by atoms with E-state index in [0.717, 1.165) is 31.4 Å². The number of hydrogen-bond donors (Lipinski definition) is 3. The zero-order chi connectivity index (χ0) is 23.7. The third-order valence-corrected chi connectivity index (χ3v) is 6.67. The first kappa shape index (κ1) is 25.7. The van der Waals surface area contributed by atoms with Crippen LogP contribution in [0.5, 0.6) is 0 Å². The molecule has 1 aliphatic rings. The first-order valence-electron chi connectivity index (χ1n) is 10.6. The molecule has 0 bridgehead atoms. The first-order chi connectivity index (χ1) is 15.1. The van der Waals surface area contributed by atoms with Crippen molar-refractivity contribution in [3.63, 3.8) is 0 Å². The summed E-state index contributed by atoms with van der Waals surface area (Å²) in [5.74, 6) is -5.08. The fraction of sp³-hybridized carbons (Fsp3) is 0.571. The van der Waals surface area contributed by atoms with Gasteiger partial charge < -0.3 is 16.0 Å². The summed E-state index contributed by atoms with van der Waals surface area (Å²) >= 11 is 0. The molecule has 8 nitrogen and oxygen atoms in total. The summed E-state index contributed by atoms with van der Waals surface area (Å²) in [5.41, 5.74) is 0.166. The third-order valence-electron chi connectivity index (χ3n) is 5.27. The van der Waals surface area contributed by atoms with E-state index in [1.165, 1.54) is 12.1 Å². The number of sulfone groups is 1. The van der Waals surface area contributed by atoms with Gasteiger partial charge in [0.05, 0.1) is 4.90 Å². The van der Waals surface area contributed by atoms with E-state index in [0.29, 0.717) is 32.4 Å². The number of benzene rings is 1. The molecule has 1 aromatic rings. The summed E-state index contributed by atoms with van der Waals surface area (Å²) in [7, 11) is -4.70. The second kappa shape index (κ2) is 11.9. The Labute approximate surface area is 186 Å². The van der Waals surface area contributed by atoms with Gasteiger partial charge in [-0.2, -0.15) is 8.78 Å². The number of rotatable bonds is 10. The van der Waals surface area contributed by atoms with Gasteiger partial charge in [-0.3, -0.25) is 14.4 Å². The highest BCUT2D eigenvalue weighted by atomic mass is 32.2. The number of alkyl halides is 2. The smallest absolute Gasteiger partial charge is 0.341 e. The summed E-state index contributed by atoms with van der Waals surface area (Å²) in [6.45, 7) is 2.84. The van der Waals surface area contributed by atoms with Crippen LogP contribution in [0.1, 0.15) is 55.8 Å². The number of unbranched alkanes of at least 4 members (excludes halogenated alkanes) is 1. The van der Waals surface area contributed by atoms with E-state index in [1.54, 1.807) is 0 Å². The van der Waals surface area contributed by atoms with E-state index in [1.807, 2.05) is 6.92 Å². The highest BCUT2D eigenvalue weighted by molar-refractivity contribution is 7.91. The minimum atomic E-state index is -4.70. The monoisotopic (exact) mass is 473 g/mol. The maximum Gasteiger partial charge on any atom is 0.341 e. The number of amides is 3. The van der Waals surface area contributed by atoms with E-state index >= 15 is 0 Å². The molecular weight excluding hydrogens is 444 g/mol. The van der Waals surface area contributed by atoms with Gasteiger partial charge in [0, 0.05) is 24.7 Å². The van der Waals surface area contributed by atoms with Crippen molar-refractivity contribution < 1.29 is 31.6 Å². The Morgan fingerprint density at radius 2 is 1.84 bits per heavy atom. The summed E-state index contributed by atoms with van der Waals surface area (Å²) < 4.78 is 48.0. The quantitative estimate of drug-likeness (QED) is 0.355. The summed E-state index contributed by atoms with van der Waals surface area (Å²) in [5, 5.41) is 8.29. The highest BCUT2D eigenvalue weighted by Gasteiger charge is 2.28. The second-order valence-corrected chi connectivity index (χ2v) is 9.75. The van der Waals surface area contributed by atoms with Crippen molar-refractivity contribution in [3.8, 4) is 0 Å². The fourth-order valence-corrected chi connectivity index (χ4v) is 4.10. The lowest BCUT2D eigenvalue weighted by atomic mass is 10.0. The zero-order valence-corrected chi connectivity index (χ0v) is 18.7. The van der Waals surface area contributed by atoms with E-state index in [4.69, 9.17) is 0 Å². The van der Waals surface area contributed by atoms with Gasteiger partial charge in [-0.1, -0.05) is 6.42 Å². The molecule has 0 saturated carbocycles. The topological polar surface area (TPSA) is 121 Å². The standard InChI is InChI=1S/C21H29F2N3O5S/c1-14(6-2-4-12-24-19(28)17-7-3-5-13-25-20(17)29)26-18(27)15-8-10-16(11-9-15)32(30,31)21(22)23/h8-11,14,17,21H,2-7,12-13H2,1H3,(H,24,28)(H,25,29)(H,26,27). The van der Waals surface area contributed by atoms with Crippen LogP contribution in [0.3, 0.4) is 0 Å². The molecule has 1 aromatic carbocycles.